The molecule has 0 saturated heterocycles. The Morgan fingerprint density at radius 2 is 0.941 bits per heavy atom. The normalized spacial score (nSPS) is 11.8. The van der Waals surface area contributed by atoms with Crippen molar-refractivity contribution in [1.82, 2.24) is 0 Å². The van der Waals surface area contributed by atoms with Crippen LogP contribution in [0.3, 0.4) is 0 Å². The molecule has 198 valence electrons. The molecular weight excluding hydrogens is 434 g/mol. The van der Waals surface area contributed by atoms with Crippen molar-refractivity contribution in [1.29, 1.82) is 0 Å². The lowest BCUT2D eigenvalue weighted by molar-refractivity contribution is -0.928. The van der Waals surface area contributed by atoms with Crippen molar-refractivity contribution >= 4 is 17.9 Å². The minimum Gasteiger partial charge on any atom is -0.481 e. The van der Waals surface area contributed by atoms with Crippen LogP contribution in [0.15, 0.2) is 12.2 Å². The third-order valence-electron chi connectivity index (χ3n) is 6.48. The zero-order valence-corrected chi connectivity index (χ0v) is 21.5. The van der Waals surface area contributed by atoms with Crippen molar-refractivity contribution in [3.05, 3.63) is 12.2 Å². The molecule has 0 radical (unpaired) electrons. The summed E-state index contributed by atoms with van der Waals surface area (Å²) in [5.41, 5.74) is 0. The van der Waals surface area contributed by atoms with E-state index in [4.69, 9.17) is 15.3 Å². The zero-order chi connectivity index (χ0) is 25.5. The molecular formula is C27H50NO6+. The first kappa shape index (κ1) is 32.1. The van der Waals surface area contributed by atoms with E-state index in [0.717, 1.165) is 62.8 Å². The number of carbonyl (C=O) groups is 3. The van der Waals surface area contributed by atoms with Gasteiger partial charge in [-0.15, -0.1) is 0 Å². The Bertz CT molecular complexity index is 520. The van der Waals surface area contributed by atoms with Crippen LogP contribution in [0.1, 0.15) is 116 Å². The molecule has 0 atom stereocenters. The molecule has 34 heavy (non-hydrogen) atoms. The minimum absolute atomic E-state index is 0.163. The summed E-state index contributed by atoms with van der Waals surface area (Å²) in [4.78, 5) is 32.8. The molecule has 0 unspecified atom stereocenters. The molecule has 0 aliphatic heterocycles. The molecule has 0 rings (SSSR count). The van der Waals surface area contributed by atoms with Crippen LogP contribution in [-0.2, 0) is 14.4 Å². The molecule has 7 nitrogen and oxygen atoms in total. The molecule has 0 aromatic carbocycles. The third-order valence-corrected chi connectivity index (χ3v) is 6.48. The number of unbranched alkanes of at least 4 members (excludes halogenated alkanes) is 9. The van der Waals surface area contributed by atoms with E-state index in [1.54, 1.807) is 0 Å². The Kier molecular flexibility index (Phi) is 20.4. The van der Waals surface area contributed by atoms with Gasteiger partial charge in [0.25, 0.3) is 0 Å². The first-order valence-electron chi connectivity index (χ1n) is 13.5. The fourth-order valence-corrected chi connectivity index (χ4v) is 4.47. The second-order valence-electron chi connectivity index (χ2n) is 9.61. The number of quaternary nitrogens is 1. The van der Waals surface area contributed by atoms with Gasteiger partial charge in [0.15, 0.2) is 0 Å². The van der Waals surface area contributed by atoms with Crippen LogP contribution >= 0.6 is 0 Å². The van der Waals surface area contributed by atoms with Crippen LogP contribution in [0, 0.1) is 0 Å². The number of hydrogen-bond acceptors (Lipinski definition) is 3. The minimum atomic E-state index is -0.779. The quantitative estimate of drug-likeness (QED) is 0.0800. The van der Waals surface area contributed by atoms with Gasteiger partial charge in [0, 0.05) is 25.7 Å². The van der Waals surface area contributed by atoms with Crippen LogP contribution in [-0.4, -0.2) is 63.9 Å². The van der Waals surface area contributed by atoms with Gasteiger partial charge >= 0.3 is 17.9 Å². The number of aliphatic carboxylic acids is 3. The summed E-state index contributed by atoms with van der Waals surface area (Å²) in [5, 5.41) is 26.9. The maximum Gasteiger partial charge on any atom is 0.303 e. The monoisotopic (exact) mass is 484 g/mol. The average Bonchev–Trinajstić information content (AvgIpc) is 2.78. The lowest BCUT2D eigenvalue weighted by Gasteiger charge is -2.39. The summed E-state index contributed by atoms with van der Waals surface area (Å²) >= 11 is 0. The lowest BCUT2D eigenvalue weighted by atomic mass is 10.1. The Hall–Kier alpha value is -1.89. The van der Waals surface area contributed by atoms with Crippen molar-refractivity contribution in [2.45, 2.75) is 116 Å². The van der Waals surface area contributed by atoms with Crippen molar-refractivity contribution in [3.8, 4) is 0 Å². The summed E-state index contributed by atoms with van der Waals surface area (Å²) in [7, 11) is 0. The van der Waals surface area contributed by atoms with Gasteiger partial charge < -0.3 is 19.8 Å². The molecule has 0 spiro atoms. The molecule has 7 heteroatoms. The van der Waals surface area contributed by atoms with Crippen molar-refractivity contribution < 1.29 is 34.2 Å². The molecule has 0 bridgehead atoms. The van der Waals surface area contributed by atoms with Gasteiger partial charge in [0.1, 0.15) is 0 Å². The predicted octanol–water partition coefficient (Wildman–Crippen LogP) is 6.26. The van der Waals surface area contributed by atoms with Gasteiger partial charge in [-0.1, -0.05) is 51.2 Å². The Balaban J connectivity index is 4.85. The van der Waals surface area contributed by atoms with Gasteiger partial charge in [0.2, 0.25) is 0 Å². The van der Waals surface area contributed by atoms with Gasteiger partial charge in [0.05, 0.1) is 26.2 Å². The molecule has 0 fully saturated rings. The van der Waals surface area contributed by atoms with E-state index < -0.39 is 17.9 Å². The van der Waals surface area contributed by atoms with E-state index in [1.807, 2.05) is 0 Å². The number of rotatable bonds is 25. The van der Waals surface area contributed by atoms with Crippen LogP contribution in [0.2, 0.25) is 0 Å². The topological polar surface area (TPSA) is 112 Å². The van der Waals surface area contributed by atoms with Crippen LogP contribution < -0.4 is 0 Å². The largest absolute Gasteiger partial charge is 0.481 e. The van der Waals surface area contributed by atoms with Gasteiger partial charge in [-0.05, 0) is 51.4 Å². The van der Waals surface area contributed by atoms with Crippen molar-refractivity contribution in [2.75, 3.05) is 26.2 Å². The van der Waals surface area contributed by atoms with Crippen LogP contribution in [0.5, 0.6) is 0 Å². The fourth-order valence-electron chi connectivity index (χ4n) is 4.47. The highest BCUT2D eigenvalue weighted by Crippen LogP contribution is 2.18. The maximum absolute atomic E-state index is 10.9. The highest BCUT2D eigenvalue weighted by atomic mass is 16.4. The highest BCUT2D eigenvalue weighted by Gasteiger charge is 2.26. The molecule has 0 aliphatic rings. The molecule has 0 heterocycles. The fraction of sp³-hybridized carbons (Fsp3) is 0.815. The van der Waals surface area contributed by atoms with Crippen LogP contribution in [0.4, 0.5) is 0 Å². The third kappa shape index (κ3) is 20.7. The molecule has 0 amide bonds. The summed E-state index contributed by atoms with van der Waals surface area (Å²) in [6, 6.07) is 0. The van der Waals surface area contributed by atoms with E-state index >= 15 is 0 Å². The maximum atomic E-state index is 10.9. The molecule has 3 N–H and O–H groups in total. The lowest BCUT2D eigenvalue weighted by Crippen LogP contribution is -2.50. The second kappa shape index (κ2) is 21.6. The number of allylic oxidation sites excluding steroid dienone is 1. The molecule has 0 aromatic heterocycles. The Morgan fingerprint density at radius 1 is 0.529 bits per heavy atom. The first-order chi connectivity index (χ1) is 16.3. The van der Waals surface area contributed by atoms with E-state index in [9.17, 15) is 14.4 Å². The van der Waals surface area contributed by atoms with Crippen molar-refractivity contribution in [3.63, 3.8) is 0 Å². The summed E-state index contributed by atoms with van der Waals surface area (Å²) < 4.78 is 0.820. The number of nitrogens with zero attached hydrogens (tertiary/aromatic N) is 1. The Labute approximate surface area is 206 Å². The highest BCUT2D eigenvalue weighted by molar-refractivity contribution is 5.67. The van der Waals surface area contributed by atoms with E-state index in [2.05, 4.69) is 19.1 Å². The predicted molar refractivity (Wildman–Crippen MR) is 136 cm³/mol. The SMILES string of the molecule is CCCCCCCC/C=C/CC[N+](CCCCC(=O)O)(CCCCC(=O)O)CCCCC(=O)O. The van der Waals surface area contributed by atoms with Crippen molar-refractivity contribution in [2.24, 2.45) is 0 Å². The number of hydrogen-bond donors (Lipinski definition) is 3. The van der Waals surface area contributed by atoms with Gasteiger partial charge in [-0.2, -0.15) is 0 Å². The molecule has 0 saturated carbocycles. The first-order valence-corrected chi connectivity index (χ1v) is 13.5. The van der Waals surface area contributed by atoms with E-state index in [1.165, 1.54) is 38.5 Å². The van der Waals surface area contributed by atoms with Crippen LogP contribution in [0.25, 0.3) is 0 Å². The summed E-state index contributed by atoms with van der Waals surface area (Å²) in [6.45, 7) is 5.74. The van der Waals surface area contributed by atoms with Gasteiger partial charge in [-0.3, -0.25) is 14.4 Å². The molecule has 0 aromatic rings. The Morgan fingerprint density at radius 3 is 1.38 bits per heavy atom. The zero-order valence-electron chi connectivity index (χ0n) is 21.5. The second-order valence-corrected chi connectivity index (χ2v) is 9.61. The van der Waals surface area contributed by atoms with Gasteiger partial charge in [-0.25, -0.2) is 0 Å². The standard InChI is InChI=1S/C27H49NO6/c1-2-3-4-5-6-7-8-9-10-14-21-28(22-15-11-18-25(29)30,23-16-12-19-26(31)32)24-17-13-20-27(33)34/h9-10H,2-8,11-24H2,1H3,(H2-,29,30,31,32,33,34)/p+1/b10-9+. The average molecular weight is 485 g/mol. The number of carboxylic acid groups (broad SMARTS) is 3. The summed E-state index contributed by atoms with van der Waals surface area (Å²) in [6.07, 6.45) is 19.1. The van der Waals surface area contributed by atoms with E-state index in [0.29, 0.717) is 19.3 Å². The molecule has 0 aliphatic carbocycles. The summed E-state index contributed by atoms with van der Waals surface area (Å²) in [5.74, 6) is -2.34. The van der Waals surface area contributed by atoms with E-state index in [-0.39, 0.29) is 19.3 Å². The smallest absolute Gasteiger partial charge is 0.303 e. The number of carboxylic acids is 3.